The number of rotatable bonds is 11. The van der Waals surface area contributed by atoms with E-state index in [2.05, 4.69) is 45.2 Å². The van der Waals surface area contributed by atoms with Crippen LogP contribution in [0.25, 0.3) is 0 Å². The third-order valence-electron chi connectivity index (χ3n) is 6.60. The molecule has 1 aliphatic rings. The van der Waals surface area contributed by atoms with Gasteiger partial charge in [-0.15, -0.1) is 0 Å². The first kappa shape index (κ1) is 30.6. The first-order chi connectivity index (χ1) is 17.9. The number of hydrogen-bond acceptors (Lipinski definition) is 4. The molecular formula is C32H41NO5. The highest BCUT2D eigenvalue weighted by atomic mass is 16.5. The molecule has 1 aromatic carbocycles. The SMILES string of the molecule is CCC(=O)Oc1ccc(NC(=O)C=C(C)C=CC=C(C)C=CC2=C(C)CCCC2(C)C)c(CCC(=O)O)c1. The number of aryl methyl sites for hydroxylation is 1. The molecule has 38 heavy (non-hydrogen) atoms. The van der Waals surface area contributed by atoms with Gasteiger partial charge in [0.25, 0.3) is 0 Å². The summed E-state index contributed by atoms with van der Waals surface area (Å²) in [5.74, 6) is -1.35. The maximum atomic E-state index is 12.6. The molecule has 6 nitrogen and oxygen atoms in total. The molecule has 204 valence electrons. The minimum Gasteiger partial charge on any atom is -0.481 e. The first-order valence-corrected chi connectivity index (χ1v) is 13.2. The topological polar surface area (TPSA) is 92.7 Å². The zero-order chi connectivity index (χ0) is 28.3. The molecule has 0 heterocycles. The van der Waals surface area contributed by atoms with Gasteiger partial charge < -0.3 is 15.2 Å². The Hall–Kier alpha value is -3.67. The maximum absolute atomic E-state index is 12.6. The van der Waals surface area contributed by atoms with Gasteiger partial charge in [0.1, 0.15) is 5.75 Å². The second kappa shape index (κ2) is 14.3. The molecule has 6 heteroatoms. The fraction of sp³-hybridized carbons (Fsp3) is 0.406. The Kier molecular flexibility index (Phi) is 11.5. The fourth-order valence-electron chi connectivity index (χ4n) is 4.46. The van der Waals surface area contributed by atoms with Crippen LogP contribution in [0.15, 0.2) is 76.9 Å². The molecule has 0 saturated carbocycles. The zero-order valence-corrected chi connectivity index (χ0v) is 23.5. The highest BCUT2D eigenvalue weighted by Gasteiger charge is 2.26. The van der Waals surface area contributed by atoms with Crippen LogP contribution >= 0.6 is 0 Å². The van der Waals surface area contributed by atoms with Crippen molar-refractivity contribution in [3.8, 4) is 5.75 Å². The smallest absolute Gasteiger partial charge is 0.310 e. The van der Waals surface area contributed by atoms with Gasteiger partial charge in [-0.25, -0.2) is 0 Å². The lowest BCUT2D eigenvalue weighted by molar-refractivity contribution is -0.137. The molecule has 0 unspecified atom stereocenters. The summed E-state index contributed by atoms with van der Waals surface area (Å²) < 4.78 is 5.23. The summed E-state index contributed by atoms with van der Waals surface area (Å²) in [6.07, 6.45) is 15.6. The lowest BCUT2D eigenvalue weighted by atomic mass is 9.72. The molecule has 1 aromatic rings. The Morgan fingerprint density at radius 3 is 2.53 bits per heavy atom. The molecule has 1 aliphatic carbocycles. The van der Waals surface area contributed by atoms with Crippen LogP contribution in [0.3, 0.4) is 0 Å². The van der Waals surface area contributed by atoms with E-state index in [-0.39, 0.29) is 36.6 Å². The lowest BCUT2D eigenvalue weighted by Crippen LogP contribution is -2.19. The van der Waals surface area contributed by atoms with Gasteiger partial charge in [0.05, 0.1) is 0 Å². The van der Waals surface area contributed by atoms with Crippen LogP contribution < -0.4 is 10.1 Å². The number of amides is 1. The Labute approximate surface area is 226 Å². The number of allylic oxidation sites excluding steroid dienone is 9. The number of carbonyl (C=O) groups excluding carboxylic acids is 2. The number of nitrogens with one attached hydrogen (secondary N) is 1. The predicted octanol–water partition coefficient (Wildman–Crippen LogP) is 7.49. The van der Waals surface area contributed by atoms with E-state index in [1.165, 1.54) is 30.1 Å². The Bertz CT molecular complexity index is 1190. The molecule has 1 amide bonds. The number of anilines is 1. The van der Waals surface area contributed by atoms with Gasteiger partial charge >= 0.3 is 11.9 Å². The van der Waals surface area contributed by atoms with Crippen molar-refractivity contribution in [3.05, 3.63) is 82.5 Å². The molecule has 0 saturated heterocycles. The summed E-state index contributed by atoms with van der Waals surface area (Å²) in [5, 5.41) is 11.9. The van der Waals surface area contributed by atoms with Gasteiger partial charge in [-0.05, 0) is 86.8 Å². The van der Waals surface area contributed by atoms with Crippen LogP contribution in [0.2, 0.25) is 0 Å². The molecule has 0 atom stereocenters. The van der Waals surface area contributed by atoms with Crippen LogP contribution in [-0.4, -0.2) is 23.0 Å². The molecule has 0 aliphatic heterocycles. The van der Waals surface area contributed by atoms with E-state index in [9.17, 15) is 14.4 Å². The number of aliphatic carboxylic acids is 1. The molecule has 0 fully saturated rings. The maximum Gasteiger partial charge on any atom is 0.310 e. The number of benzene rings is 1. The second-order valence-corrected chi connectivity index (χ2v) is 10.5. The van der Waals surface area contributed by atoms with Crippen LogP contribution in [0.1, 0.15) is 79.2 Å². The minimum atomic E-state index is -0.952. The van der Waals surface area contributed by atoms with Crippen LogP contribution in [-0.2, 0) is 20.8 Å². The summed E-state index contributed by atoms with van der Waals surface area (Å²) in [6, 6.07) is 4.79. The van der Waals surface area contributed by atoms with Gasteiger partial charge in [-0.2, -0.15) is 0 Å². The third kappa shape index (κ3) is 10.0. The number of carboxylic acid groups (broad SMARTS) is 1. The van der Waals surface area contributed by atoms with Gasteiger partial charge in [0, 0.05) is 24.6 Å². The van der Waals surface area contributed by atoms with Gasteiger partial charge in [0.15, 0.2) is 0 Å². The van der Waals surface area contributed by atoms with E-state index in [0.29, 0.717) is 17.0 Å². The summed E-state index contributed by atoms with van der Waals surface area (Å²) in [7, 11) is 0. The molecule has 0 radical (unpaired) electrons. The van der Waals surface area contributed by atoms with Gasteiger partial charge in [-0.1, -0.05) is 62.3 Å². The third-order valence-corrected chi connectivity index (χ3v) is 6.60. The van der Waals surface area contributed by atoms with Crippen LogP contribution in [0.5, 0.6) is 5.75 Å². The van der Waals surface area contributed by atoms with Gasteiger partial charge in [0.2, 0.25) is 5.91 Å². The van der Waals surface area contributed by atoms with Crippen molar-refractivity contribution in [2.75, 3.05) is 5.32 Å². The molecule has 0 spiro atoms. The van der Waals surface area contributed by atoms with Crippen molar-refractivity contribution < 1.29 is 24.2 Å². The number of carboxylic acids is 1. The number of carbonyl (C=O) groups is 3. The average Bonchev–Trinajstić information content (AvgIpc) is 2.83. The number of ether oxygens (including phenoxy) is 1. The lowest BCUT2D eigenvalue weighted by Gasteiger charge is -2.32. The molecule has 2 N–H and O–H groups in total. The Morgan fingerprint density at radius 1 is 1.13 bits per heavy atom. The van der Waals surface area contributed by atoms with E-state index in [4.69, 9.17) is 9.84 Å². The van der Waals surface area contributed by atoms with E-state index in [1.807, 2.05) is 25.2 Å². The highest BCUT2D eigenvalue weighted by Crippen LogP contribution is 2.40. The normalized spacial score (nSPS) is 16.3. The highest BCUT2D eigenvalue weighted by molar-refractivity contribution is 6.00. The molecule has 2 rings (SSSR count). The quantitative estimate of drug-likeness (QED) is 0.137. The van der Waals surface area contributed by atoms with E-state index in [0.717, 1.165) is 17.6 Å². The van der Waals surface area contributed by atoms with Crippen LogP contribution in [0, 0.1) is 5.41 Å². The van der Waals surface area contributed by atoms with E-state index < -0.39 is 5.97 Å². The molecule has 0 aromatic heterocycles. The standard InChI is InChI=1S/C32H41NO5/c1-7-31(37)38-26-15-17-28(25(21-26)14-18-30(35)36)33-29(34)20-23(3)11-8-10-22(2)13-16-27-24(4)12-9-19-32(27,5)6/h8,10-11,13,15-17,20-21H,7,9,12,14,18-19H2,1-6H3,(H,33,34)(H,35,36). The van der Waals surface area contributed by atoms with Gasteiger partial charge in [-0.3, -0.25) is 14.4 Å². The van der Waals surface area contributed by atoms with Crippen molar-refractivity contribution in [3.63, 3.8) is 0 Å². The van der Waals surface area contributed by atoms with Crippen LogP contribution in [0.4, 0.5) is 5.69 Å². The summed E-state index contributed by atoms with van der Waals surface area (Å²) in [6.45, 7) is 12.4. The van der Waals surface area contributed by atoms with Crippen molar-refractivity contribution in [1.29, 1.82) is 0 Å². The van der Waals surface area contributed by atoms with E-state index >= 15 is 0 Å². The Balaban J connectivity index is 2.08. The number of esters is 1. The number of hydrogen-bond donors (Lipinski definition) is 2. The summed E-state index contributed by atoms with van der Waals surface area (Å²) in [4.78, 5) is 35.3. The first-order valence-electron chi connectivity index (χ1n) is 13.2. The van der Waals surface area contributed by atoms with Crippen molar-refractivity contribution in [1.82, 2.24) is 0 Å². The summed E-state index contributed by atoms with van der Waals surface area (Å²) in [5.41, 5.74) is 6.04. The second-order valence-electron chi connectivity index (χ2n) is 10.5. The average molecular weight is 520 g/mol. The minimum absolute atomic E-state index is 0.111. The molecule has 0 bridgehead atoms. The Morgan fingerprint density at radius 2 is 1.87 bits per heavy atom. The molecular weight excluding hydrogens is 478 g/mol. The fourth-order valence-corrected chi connectivity index (χ4v) is 4.46. The van der Waals surface area contributed by atoms with E-state index in [1.54, 1.807) is 25.1 Å². The monoisotopic (exact) mass is 519 g/mol. The summed E-state index contributed by atoms with van der Waals surface area (Å²) >= 11 is 0. The predicted molar refractivity (Wildman–Crippen MR) is 153 cm³/mol. The van der Waals surface area contributed by atoms with Crippen molar-refractivity contribution in [2.24, 2.45) is 5.41 Å². The van der Waals surface area contributed by atoms with Crippen molar-refractivity contribution in [2.45, 2.75) is 80.1 Å². The largest absolute Gasteiger partial charge is 0.481 e. The van der Waals surface area contributed by atoms with Crippen molar-refractivity contribution >= 4 is 23.5 Å². The zero-order valence-electron chi connectivity index (χ0n) is 23.5.